The molecule has 1 atom stereocenters. The van der Waals surface area contributed by atoms with Crippen LogP contribution in [0.5, 0.6) is 0 Å². The molecule has 1 nitrogen and oxygen atoms in total. The van der Waals surface area contributed by atoms with E-state index in [1.54, 1.807) is 12.1 Å². The molecule has 0 radical (unpaired) electrons. The van der Waals surface area contributed by atoms with Crippen molar-refractivity contribution in [1.29, 1.82) is 0 Å². The number of hydrogen-bond donors (Lipinski definition) is 0. The molecule has 0 amide bonds. The van der Waals surface area contributed by atoms with Crippen LogP contribution in [0, 0.1) is 11.3 Å². The van der Waals surface area contributed by atoms with Crippen LogP contribution >= 0.6 is 34.8 Å². The summed E-state index contributed by atoms with van der Waals surface area (Å²) in [4.78, 5) is 0. The topological polar surface area (TPSA) is 9.23 Å². The Morgan fingerprint density at radius 2 is 1.50 bits per heavy atom. The minimum atomic E-state index is -1.78. The van der Waals surface area contributed by atoms with Gasteiger partial charge >= 0.3 is 0 Å². The molecule has 1 saturated carbocycles. The Morgan fingerprint density at radius 1 is 1.00 bits per heavy atom. The molecule has 1 aromatic rings. The zero-order chi connectivity index (χ0) is 20.9. The highest BCUT2D eigenvalue weighted by Crippen LogP contribution is 2.44. The van der Waals surface area contributed by atoms with E-state index in [1.165, 1.54) is 32.1 Å². The molecule has 1 aliphatic rings. The van der Waals surface area contributed by atoms with E-state index in [4.69, 9.17) is 39.2 Å². The molecule has 2 rings (SSSR count). The molecule has 0 bridgehead atoms. The maximum Gasteiger partial charge on any atom is 0.192 e. The molecule has 1 fully saturated rings. The molecular formula is C23H37Cl3OSi. The van der Waals surface area contributed by atoms with Crippen LogP contribution in [0.2, 0.25) is 33.2 Å². The Kier molecular flexibility index (Phi) is 9.23. The third kappa shape index (κ3) is 6.38. The SMILES string of the molecule is CC[Si](CC)(CC)OC(CCC1CCC(C)(C)CC1)c1c(Cl)cc(Cl)cc1Cl. The highest BCUT2D eigenvalue weighted by molar-refractivity contribution is 6.73. The molecule has 1 unspecified atom stereocenters. The smallest absolute Gasteiger partial charge is 0.192 e. The summed E-state index contributed by atoms with van der Waals surface area (Å²) in [7, 11) is -1.78. The van der Waals surface area contributed by atoms with Gasteiger partial charge in [-0.2, -0.15) is 0 Å². The number of halogens is 3. The van der Waals surface area contributed by atoms with E-state index in [0.29, 0.717) is 20.5 Å². The average molecular weight is 464 g/mol. The van der Waals surface area contributed by atoms with E-state index in [0.717, 1.165) is 36.0 Å². The van der Waals surface area contributed by atoms with Gasteiger partial charge in [0.15, 0.2) is 8.32 Å². The Labute approximate surface area is 188 Å². The summed E-state index contributed by atoms with van der Waals surface area (Å²) in [5, 5.41) is 1.86. The van der Waals surface area contributed by atoms with Crippen LogP contribution in [0.1, 0.15) is 84.8 Å². The monoisotopic (exact) mass is 462 g/mol. The number of hydrogen-bond acceptors (Lipinski definition) is 1. The third-order valence-electron chi connectivity index (χ3n) is 6.99. The van der Waals surface area contributed by atoms with Crippen molar-refractivity contribution in [2.45, 2.75) is 97.4 Å². The van der Waals surface area contributed by atoms with E-state index < -0.39 is 8.32 Å². The summed E-state index contributed by atoms with van der Waals surface area (Å²) in [6.45, 7) is 11.6. The fourth-order valence-corrected chi connectivity index (χ4v) is 8.46. The van der Waals surface area contributed by atoms with Gasteiger partial charge in [0.25, 0.3) is 0 Å². The lowest BCUT2D eigenvalue weighted by atomic mass is 9.72. The van der Waals surface area contributed by atoms with Crippen LogP contribution in [0.15, 0.2) is 12.1 Å². The summed E-state index contributed by atoms with van der Waals surface area (Å²) < 4.78 is 6.93. The fraction of sp³-hybridized carbons (Fsp3) is 0.739. The summed E-state index contributed by atoms with van der Waals surface area (Å²) in [6, 6.07) is 6.97. The van der Waals surface area contributed by atoms with Crippen LogP contribution in [0.25, 0.3) is 0 Å². The zero-order valence-electron chi connectivity index (χ0n) is 18.2. The Hall–Kier alpha value is 0.267. The van der Waals surface area contributed by atoms with Crippen molar-refractivity contribution >= 4 is 43.1 Å². The van der Waals surface area contributed by atoms with Gasteiger partial charge in [0.1, 0.15) is 0 Å². The molecule has 28 heavy (non-hydrogen) atoms. The Morgan fingerprint density at radius 3 is 1.96 bits per heavy atom. The maximum absolute atomic E-state index is 6.93. The van der Waals surface area contributed by atoms with Crippen molar-refractivity contribution in [3.05, 3.63) is 32.8 Å². The lowest BCUT2D eigenvalue weighted by Gasteiger charge is -2.37. The summed E-state index contributed by atoms with van der Waals surface area (Å²) in [5.41, 5.74) is 1.44. The first-order chi connectivity index (χ1) is 13.1. The maximum atomic E-state index is 6.93. The van der Waals surface area contributed by atoms with Gasteiger partial charge in [-0.1, -0.05) is 69.4 Å². The largest absolute Gasteiger partial charge is 0.410 e. The Bertz CT molecular complexity index is 601. The van der Waals surface area contributed by atoms with Crippen molar-refractivity contribution in [1.82, 2.24) is 0 Å². The zero-order valence-corrected chi connectivity index (χ0v) is 21.5. The first-order valence-electron chi connectivity index (χ1n) is 11.0. The van der Waals surface area contributed by atoms with Gasteiger partial charge < -0.3 is 4.43 Å². The first-order valence-corrected chi connectivity index (χ1v) is 14.6. The minimum absolute atomic E-state index is 0.0290. The third-order valence-corrected chi connectivity index (χ3v) is 12.5. The predicted molar refractivity (Wildman–Crippen MR) is 127 cm³/mol. The molecule has 1 aromatic carbocycles. The van der Waals surface area contributed by atoms with E-state index in [1.807, 2.05) is 0 Å². The highest BCUT2D eigenvalue weighted by Gasteiger charge is 2.35. The van der Waals surface area contributed by atoms with Crippen molar-refractivity contribution in [3.63, 3.8) is 0 Å². The lowest BCUT2D eigenvalue weighted by molar-refractivity contribution is 0.142. The summed E-state index contributed by atoms with van der Waals surface area (Å²) >= 11 is 19.4. The normalized spacial score (nSPS) is 19.0. The van der Waals surface area contributed by atoms with E-state index in [-0.39, 0.29) is 6.10 Å². The second kappa shape index (κ2) is 10.5. The van der Waals surface area contributed by atoms with E-state index in [9.17, 15) is 0 Å². The average Bonchev–Trinajstić information content (AvgIpc) is 2.64. The van der Waals surface area contributed by atoms with Crippen LogP contribution in [0.3, 0.4) is 0 Å². The predicted octanol–water partition coefficient (Wildman–Crippen LogP) is 9.71. The fourth-order valence-electron chi connectivity index (χ4n) is 4.56. The van der Waals surface area contributed by atoms with Gasteiger partial charge in [-0.3, -0.25) is 0 Å². The van der Waals surface area contributed by atoms with Crippen molar-refractivity contribution in [3.8, 4) is 0 Å². The van der Waals surface area contributed by atoms with Crippen LogP contribution in [-0.4, -0.2) is 8.32 Å². The lowest BCUT2D eigenvalue weighted by Crippen LogP contribution is -2.37. The summed E-state index contributed by atoms with van der Waals surface area (Å²) in [5.74, 6) is 0.782. The molecule has 1 aliphatic carbocycles. The van der Waals surface area contributed by atoms with Crippen LogP contribution in [0.4, 0.5) is 0 Å². The van der Waals surface area contributed by atoms with Gasteiger partial charge in [0, 0.05) is 20.6 Å². The van der Waals surface area contributed by atoms with Gasteiger partial charge in [-0.25, -0.2) is 0 Å². The quantitative estimate of drug-likeness (QED) is 0.331. The Balaban J connectivity index is 2.22. The van der Waals surface area contributed by atoms with E-state index in [2.05, 4.69) is 34.6 Å². The van der Waals surface area contributed by atoms with Gasteiger partial charge in [-0.05, 0) is 80.1 Å². The molecule has 0 saturated heterocycles. The number of rotatable bonds is 9. The van der Waals surface area contributed by atoms with Gasteiger partial charge in [-0.15, -0.1) is 0 Å². The van der Waals surface area contributed by atoms with E-state index >= 15 is 0 Å². The standard InChI is InChI=1S/C23H37Cl3OSi/c1-6-28(7-2,8-3)27-21(22-19(25)15-18(24)16-20(22)26)10-9-17-11-13-23(4,5)14-12-17/h15-17,21H,6-14H2,1-5H3. The summed E-state index contributed by atoms with van der Waals surface area (Å²) in [6.07, 6.45) is 7.42. The minimum Gasteiger partial charge on any atom is -0.410 e. The van der Waals surface area contributed by atoms with Crippen molar-refractivity contribution in [2.24, 2.45) is 11.3 Å². The molecule has 0 spiro atoms. The van der Waals surface area contributed by atoms with Crippen molar-refractivity contribution < 1.29 is 4.43 Å². The second-order valence-corrected chi connectivity index (χ2v) is 15.3. The second-order valence-electron chi connectivity index (χ2n) is 9.32. The van der Waals surface area contributed by atoms with Crippen LogP contribution < -0.4 is 0 Å². The highest BCUT2D eigenvalue weighted by atomic mass is 35.5. The van der Waals surface area contributed by atoms with Gasteiger partial charge in [0.2, 0.25) is 0 Å². The first kappa shape index (κ1) is 24.5. The van der Waals surface area contributed by atoms with Crippen molar-refractivity contribution in [2.75, 3.05) is 0 Å². The molecule has 0 heterocycles. The molecule has 0 aromatic heterocycles. The molecule has 160 valence electrons. The molecular weight excluding hydrogens is 427 g/mol. The van der Waals surface area contributed by atoms with Crippen LogP contribution in [-0.2, 0) is 4.43 Å². The van der Waals surface area contributed by atoms with Gasteiger partial charge in [0.05, 0.1) is 6.10 Å². The number of benzene rings is 1. The molecule has 5 heteroatoms. The molecule has 0 aliphatic heterocycles. The molecule has 0 N–H and O–H groups in total.